The first-order chi connectivity index (χ1) is 7.72. The highest BCUT2D eigenvalue weighted by atomic mass is 16.6. The van der Waals surface area contributed by atoms with Crippen molar-refractivity contribution in [1.29, 1.82) is 0 Å². The number of ether oxygens (including phenoxy) is 1. The quantitative estimate of drug-likeness (QED) is 0.712. The van der Waals surface area contributed by atoms with E-state index in [4.69, 9.17) is 4.74 Å². The van der Waals surface area contributed by atoms with Crippen molar-refractivity contribution < 1.29 is 14.3 Å². The lowest BCUT2D eigenvalue weighted by atomic mass is 10.2. The summed E-state index contributed by atoms with van der Waals surface area (Å²) >= 11 is 0. The van der Waals surface area contributed by atoms with E-state index >= 15 is 0 Å². The highest BCUT2D eigenvalue weighted by molar-refractivity contribution is 6.09. The van der Waals surface area contributed by atoms with E-state index in [1.807, 2.05) is 30.3 Å². The molecule has 16 heavy (non-hydrogen) atoms. The molecular weight excluding hydrogens is 206 g/mol. The fourth-order valence-corrected chi connectivity index (χ4v) is 1.47. The van der Waals surface area contributed by atoms with Crippen LogP contribution in [0.4, 0.5) is 4.79 Å². The number of benzene rings is 1. The Bertz CT molecular complexity index is 451. The molecule has 2 rings (SSSR count). The summed E-state index contributed by atoms with van der Waals surface area (Å²) in [5.41, 5.74) is 0.830. The summed E-state index contributed by atoms with van der Waals surface area (Å²) in [6.07, 6.45) is 0.963. The molecular formula is C12H11NO3. The van der Waals surface area contributed by atoms with Crippen molar-refractivity contribution in [2.75, 3.05) is 6.54 Å². The Labute approximate surface area is 93.1 Å². The third kappa shape index (κ3) is 1.82. The van der Waals surface area contributed by atoms with Gasteiger partial charge in [0.05, 0.1) is 0 Å². The molecule has 4 heteroatoms. The molecule has 0 saturated carbocycles. The van der Waals surface area contributed by atoms with Crippen LogP contribution < -0.4 is 0 Å². The zero-order valence-corrected chi connectivity index (χ0v) is 8.84. The largest absolute Gasteiger partial charge is 0.422 e. The molecule has 2 amide bonds. The Kier molecular flexibility index (Phi) is 2.72. The van der Waals surface area contributed by atoms with E-state index in [0.717, 1.165) is 10.5 Å². The number of hydrogen-bond donors (Lipinski definition) is 0. The number of imide groups is 1. The van der Waals surface area contributed by atoms with Crippen LogP contribution in [0, 0.1) is 0 Å². The molecule has 1 aliphatic heterocycles. The normalized spacial score (nSPS) is 18.1. The molecule has 0 aromatic heterocycles. The number of amides is 2. The Hall–Kier alpha value is -2.10. The van der Waals surface area contributed by atoms with Crippen LogP contribution in [0.1, 0.15) is 12.5 Å². The Morgan fingerprint density at radius 3 is 2.50 bits per heavy atom. The molecule has 1 aromatic carbocycles. The zero-order chi connectivity index (χ0) is 11.5. The first-order valence-corrected chi connectivity index (χ1v) is 5.03. The number of likely N-dealkylation sites (N-methyl/N-ethyl adjacent to an activating group) is 1. The number of carbonyl (C=O) groups is 2. The third-order valence-corrected chi connectivity index (χ3v) is 2.29. The van der Waals surface area contributed by atoms with E-state index in [0.29, 0.717) is 6.54 Å². The van der Waals surface area contributed by atoms with Crippen LogP contribution in [-0.4, -0.2) is 23.4 Å². The molecule has 0 unspecified atom stereocenters. The number of rotatable bonds is 2. The van der Waals surface area contributed by atoms with Crippen molar-refractivity contribution >= 4 is 18.1 Å². The zero-order valence-electron chi connectivity index (χ0n) is 8.84. The van der Waals surface area contributed by atoms with E-state index in [-0.39, 0.29) is 11.7 Å². The summed E-state index contributed by atoms with van der Waals surface area (Å²) in [4.78, 5) is 24.0. The Morgan fingerprint density at radius 2 is 1.94 bits per heavy atom. The molecule has 0 radical (unpaired) electrons. The summed E-state index contributed by atoms with van der Waals surface area (Å²) in [6, 6.07) is 9.25. The summed E-state index contributed by atoms with van der Waals surface area (Å²) in [7, 11) is 0. The minimum Gasteiger partial charge on any atom is -0.404 e. The lowest BCUT2D eigenvalue weighted by Crippen LogP contribution is -2.28. The SMILES string of the molecule is CCN1C(=O)O/C(=C\c2ccccc2)C1=O. The fraction of sp³-hybridized carbons (Fsp3) is 0.167. The fourth-order valence-electron chi connectivity index (χ4n) is 1.47. The van der Waals surface area contributed by atoms with Crippen LogP contribution in [-0.2, 0) is 9.53 Å². The van der Waals surface area contributed by atoms with Gasteiger partial charge < -0.3 is 4.74 Å². The second-order valence-corrected chi connectivity index (χ2v) is 3.34. The van der Waals surface area contributed by atoms with Gasteiger partial charge in [-0.2, -0.15) is 0 Å². The molecule has 1 saturated heterocycles. The van der Waals surface area contributed by atoms with Crippen LogP contribution in [0.3, 0.4) is 0 Å². The van der Waals surface area contributed by atoms with Gasteiger partial charge in [0.2, 0.25) is 0 Å². The van der Waals surface area contributed by atoms with E-state index in [9.17, 15) is 9.59 Å². The molecule has 0 bridgehead atoms. The van der Waals surface area contributed by atoms with Gasteiger partial charge in [-0.3, -0.25) is 4.79 Å². The number of hydrogen-bond acceptors (Lipinski definition) is 3. The van der Waals surface area contributed by atoms with Gasteiger partial charge in [-0.15, -0.1) is 0 Å². The lowest BCUT2D eigenvalue weighted by Gasteiger charge is -2.03. The summed E-state index contributed by atoms with van der Waals surface area (Å²) < 4.78 is 4.88. The minimum absolute atomic E-state index is 0.0815. The number of carbonyl (C=O) groups excluding carboxylic acids is 2. The molecule has 0 atom stereocenters. The van der Waals surface area contributed by atoms with E-state index in [2.05, 4.69) is 0 Å². The van der Waals surface area contributed by atoms with Crippen molar-refractivity contribution in [2.45, 2.75) is 6.92 Å². The molecule has 82 valence electrons. The molecule has 0 N–H and O–H groups in total. The minimum atomic E-state index is -0.602. The standard InChI is InChI=1S/C12H11NO3/c1-2-13-11(14)10(16-12(13)15)8-9-6-4-3-5-7-9/h3-8H,2H2,1H3/b10-8-. The molecule has 1 aromatic rings. The molecule has 1 aliphatic rings. The maximum atomic E-state index is 11.7. The van der Waals surface area contributed by atoms with Gasteiger partial charge in [0.25, 0.3) is 5.91 Å². The van der Waals surface area contributed by atoms with Crippen LogP contribution in [0.2, 0.25) is 0 Å². The Balaban J connectivity index is 2.27. The first-order valence-electron chi connectivity index (χ1n) is 5.03. The summed E-state index contributed by atoms with van der Waals surface area (Å²) in [6.45, 7) is 2.05. The maximum Gasteiger partial charge on any atom is 0.422 e. The highest BCUT2D eigenvalue weighted by Crippen LogP contribution is 2.18. The van der Waals surface area contributed by atoms with Gasteiger partial charge in [-0.1, -0.05) is 30.3 Å². The van der Waals surface area contributed by atoms with Crippen molar-refractivity contribution in [3.05, 3.63) is 41.7 Å². The second-order valence-electron chi connectivity index (χ2n) is 3.34. The monoisotopic (exact) mass is 217 g/mol. The molecule has 1 fully saturated rings. The van der Waals surface area contributed by atoms with Gasteiger partial charge >= 0.3 is 6.09 Å². The lowest BCUT2D eigenvalue weighted by molar-refractivity contribution is -0.123. The number of cyclic esters (lactones) is 1. The predicted octanol–water partition coefficient (Wildman–Crippen LogP) is 2.03. The second kappa shape index (κ2) is 4.18. The molecule has 0 spiro atoms. The van der Waals surface area contributed by atoms with E-state index in [1.54, 1.807) is 13.0 Å². The molecule has 0 aliphatic carbocycles. The van der Waals surface area contributed by atoms with Crippen molar-refractivity contribution in [3.8, 4) is 0 Å². The van der Waals surface area contributed by atoms with Crippen molar-refractivity contribution in [3.63, 3.8) is 0 Å². The van der Waals surface area contributed by atoms with Gasteiger partial charge in [0, 0.05) is 6.54 Å². The van der Waals surface area contributed by atoms with Gasteiger partial charge in [-0.25, -0.2) is 9.69 Å². The van der Waals surface area contributed by atoms with E-state index < -0.39 is 6.09 Å². The van der Waals surface area contributed by atoms with Crippen molar-refractivity contribution in [1.82, 2.24) is 4.90 Å². The topological polar surface area (TPSA) is 46.6 Å². The van der Waals surface area contributed by atoms with Gasteiger partial charge in [0.1, 0.15) is 0 Å². The average Bonchev–Trinajstić information content (AvgIpc) is 2.55. The third-order valence-electron chi connectivity index (χ3n) is 2.29. The smallest absolute Gasteiger partial charge is 0.404 e. The van der Waals surface area contributed by atoms with Crippen molar-refractivity contribution in [2.24, 2.45) is 0 Å². The molecule has 1 heterocycles. The van der Waals surface area contributed by atoms with Crippen LogP contribution in [0.15, 0.2) is 36.1 Å². The van der Waals surface area contributed by atoms with Gasteiger partial charge in [0.15, 0.2) is 5.76 Å². The number of nitrogens with zero attached hydrogens (tertiary/aromatic N) is 1. The summed E-state index contributed by atoms with van der Waals surface area (Å²) in [5, 5.41) is 0. The van der Waals surface area contributed by atoms with Gasteiger partial charge in [-0.05, 0) is 18.6 Å². The highest BCUT2D eigenvalue weighted by Gasteiger charge is 2.34. The summed E-state index contributed by atoms with van der Waals surface area (Å²) in [5.74, 6) is -0.297. The van der Waals surface area contributed by atoms with Crippen LogP contribution in [0.5, 0.6) is 0 Å². The first kappa shape index (κ1) is 10.4. The van der Waals surface area contributed by atoms with E-state index in [1.165, 1.54) is 0 Å². The molecule has 4 nitrogen and oxygen atoms in total. The Morgan fingerprint density at radius 1 is 1.25 bits per heavy atom. The van der Waals surface area contributed by atoms with Crippen LogP contribution in [0.25, 0.3) is 6.08 Å². The maximum absolute atomic E-state index is 11.7. The predicted molar refractivity (Wildman–Crippen MR) is 58.3 cm³/mol. The van der Waals surface area contributed by atoms with Crippen LogP contribution >= 0.6 is 0 Å². The average molecular weight is 217 g/mol.